The molecule has 8 nitrogen and oxygen atoms in total. The van der Waals surface area contributed by atoms with Crippen molar-refractivity contribution in [2.75, 3.05) is 0 Å². The summed E-state index contributed by atoms with van der Waals surface area (Å²) < 4.78 is 0. The zero-order valence-corrected chi connectivity index (χ0v) is 27.1. The van der Waals surface area contributed by atoms with Crippen molar-refractivity contribution >= 4 is 47.0 Å². The van der Waals surface area contributed by atoms with Gasteiger partial charge in [-0.05, 0) is 85.4 Å². The van der Waals surface area contributed by atoms with E-state index in [0.29, 0.717) is 35.5 Å². The third-order valence-electron chi connectivity index (χ3n) is 11.7. The van der Waals surface area contributed by atoms with Crippen LogP contribution >= 0.6 is 0 Å². The molecule has 6 N–H and O–H groups in total. The van der Waals surface area contributed by atoms with Crippen LogP contribution in [0, 0.1) is 47.3 Å². The van der Waals surface area contributed by atoms with E-state index in [0.717, 1.165) is 75.6 Å². The predicted octanol–water partition coefficient (Wildman–Crippen LogP) is 4.38. The minimum atomic E-state index is -0.570. The molecule has 0 aromatic carbocycles. The van der Waals surface area contributed by atoms with Crippen LogP contribution in [0.25, 0.3) is 0 Å². The zero-order valence-electron chi connectivity index (χ0n) is 24.5. The SMILES string of the molecule is CC1C2CCCC(/C2=N/N=C(N)[S-])C2(O)CCCCC12.CC1C2CCCC(/C2=N/N=C(N)[S-])C2(O)CCCCC12.[Ni+2]. The van der Waals surface area contributed by atoms with Crippen LogP contribution in [0.1, 0.15) is 104 Å². The van der Waals surface area contributed by atoms with Crippen molar-refractivity contribution in [1.29, 1.82) is 0 Å². The Kier molecular flexibility index (Phi) is 10.8. The molecule has 6 fully saturated rings. The van der Waals surface area contributed by atoms with Gasteiger partial charge in [0.2, 0.25) is 0 Å². The first kappa shape index (κ1) is 33.0. The minimum Gasteiger partial charge on any atom is -0.741 e. The predicted molar refractivity (Wildman–Crippen MR) is 167 cm³/mol. The van der Waals surface area contributed by atoms with E-state index < -0.39 is 11.2 Å². The molecule has 41 heavy (non-hydrogen) atoms. The summed E-state index contributed by atoms with van der Waals surface area (Å²) in [5, 5.41) is 39.4. The second-order valence-electron chi connectivity index (χ2n) is 13.5. The Hall–Kier alpha value is -0.866. The van der Waals surface area contributed by atoms with E-state index in [9.17, 15) is 10.2 Å². The van der Waals surface area contributed by atoms with Gasteiger partial charge in [0.1, 0.15) is 0 Å². The number of amidine groups is 2. The number of rotatable bonds is 2. The Morgan fingerprint density at radius 1 is 0.659 bits per heavy atom. The van der Waals surface area contributed by atoms with Crippen molar-refractivity contribution in [1.82, 2.24) is 0 Å². The van der Waals surface area contributed by atoms with Crippen molar-refractivity contribution < 1.29 is 26.7 Å². The fraction of sp³-hybridized carbons (Fsp3) is 0.867. The molecule has 0 saturated heterocycles. The van der Waals surface area contributed by atoms with Gasteiger partial charge >= 0.3 is 16.5 Å². The molecule has 6 aliphatic rings. The van der Waals surface area contributed by atoms with E-state index in [2.05, 4.69) is 34.3 Å². The standard InChI is InChI=1S/2C15H25N3OS.Ni/c2*1-9-10-5-4-7-12(13(10)17-18-14(16)20)15(19)8-3-2-6-11(9)15;/h2*9-12,19H,2-8H2,1H3,(H3,16,18,20);/q;;+2/p-2/b2*17-13+;. The van der Waals surface area contributed by atoms with Gasteiger partial charge in [0, 0.05) is 35.1 Å². The average Bonchev–Trinajstić information content (AvgIpc) is 2.93. The monoisotopic (exact) mass is 646 g/mol. The summed E-state index contributed by atoms with van der Waals surface area (Å²) in [4.78, 5) is 0. The molecule has 10 atom stereocenters. The maximum Gasteiger partial charge on any atom is 2.00 e. The van der Waals surface area contributed by atoms with Gasteiger partial charge < -0.3 is 46.9 Å². The van der Waals surface area contributed by atoms with E-state index in [1.54, 1.807) is 0 Å². The molecule has 10 unspecified atom stereocenters. The summed E-state index contributed by atoms with van der Waals surface area (Å²) in [6.07, 6.45) is 15.6. The third kappa shape index (κ3) is 6.22. The first-order valence-electron chi connectivity index (χ1n) is 15.7. The first-order valence-corrected chi connectivity index (χ1v) is 16.5. The van der Waals surface area contributed by atoms with Gasteiger partial charge in [-0.3, -0.25) is 0 Å². The van der Waals surface area contributed by atoms with E-state index in [1.807, 2.05) is 0 Å². The molecule has 0 amide bonds. The number of hydrogen-bond acceptors (Lipinski definition) is 8. The number of nitrogens with zero attached hydrogens (tertiary/aromatic N) is 4. The van der Waals surface area contributed by atoms with Crippen molar-refractivity contribution in [3.63, 3.8) is 0 Å². The molecule has 0 aromatic heterocycles. The molecule has 232 valence electrons. The maximum absolute atomic E-state index is 11.3. The van der Waals surface area contributed by atoms with Crippen LogP contribution in [0.4, 0.5) is 0 Å². The fourth-order valence-corrected chi connectivity index (χ4v) is 10.1. The molecular weight excluding hydrogens is 599 g/mol. The van der Waals surface area contributed by atoms with Crippen LogP contribution in [-0.4, -0.2) is 43.2 Å². The molecule has 6 saturated carbocycles. The van der Waals surface area contributed by atoms with E-state index in [-0.39, 0.29) is 38.7 Å². The van der Waals surface area contributed by atoms with Gasteiger partial charge in [0.05, 0.1) is 11.2 Å². The van der Waals surface area contributed by atoms with Crippen LogP contribution in [0.2, 0.25) is 0 Å². The Morgan fingerprint density at radius 2 is 1.05 bits per heavy atom. The van der Waals surface area contributed by atoms with Crippen molar-refractivity contribution in [2.24, 2.45) is 79.2 Å². The Balaban J connectivity index is 0.000000184. The Bertz CT molecular complexity index is 982. The van der Waals surface area contributed by atoms with E-state index in [1.165, 1.54) is 25.7 Å². The van der Waals surface area contributed by atoms with Gasteiger partial charge in [0.25, 0.3) is 0 Å². The van der Waals surface area contributed by atoms with Crippen molar-refractivity contribution in [2.45, 2.75) is 115 Å². The summed E-state index contributed by atoms with van der Waals surface area (Å²) >= 11 is 9.62. The topological polar surface area (TPSA) is 142 Å². The molecule has 11 heteroatoms. The average molecular weight is 648 g/mol. The smallest absolute Gasteiger partial charge is 0.741 e. The second-order valence-corrected chi connectivity index (χ2v) is 14.3. The molecular formula is C30H48N6NiO2S2. The van der Waals surface area contributed by atoms with Gasteiger partial charge in [-0.15, -0.1) is 0 Å². The summed E-state index contributed by atoms with van der Waals surface area (Å²) in [5.41, 5.74) is 11.9. The zero-order chi connectivity index (χ0) is 28.7. The van der Waals surface area contributed by atoms with Crippen LogP contribution in [-0.2, 0) is 41.7 Å². The van der Waals surface area contributed by atoms with Crippen LogP contribution < -0.4 is 11.5 Å². The Labute approximate surface area is 266 Å². The largest absolute Gasteiger partial charge is 2.00 e. The van der Waals surface area contributed by atoms with Crippen LogP contribution in [0.15, 0.2) is 20.4 Å². The molecule has 0 radical (unpaired) electrons. The van der Waals surface area contributed by atoms with E-state index in [4.69, 9.17) is 36.7 Å². The van der Waals surface area contributed by atoms with Gasteiger partial charge in [-0.1, -0.05) is 52.4 Å². The summed E-state index contributed by atoms with van der Waals surface area (Å²) in [6.45, 7) is 4.56. The quantitative estimate of drug-likeness (QED) is 0.115. The number of hydrogen-bond donors (Lipinski definition) is 4. The maximum atomic E-state index is 11.3. The van der Waals surface area contributed by atoms with Crippen molar-refractivity contribution in [3.8, 4) is 0 Å². The van der Waals surface area contributed by atoms with Crippen molar-refractivity contribution in [3.05, 3.63) is 0 Å². The summed E-state index contributed by atoms with van der Waals surface area (Å²) in [7, 11) is 0. The molecule has 0 heterocycles. The molecule has 0 aromatic rings. The normalized spacial score (nSPS) is 46.0. The minimum absolute atomic E-state index is 0. The number of fused-ring (bicyclic) bond motifs is 8. The summed E-state index contributed by atoms with van der Waals surface area (Å²) in [5.74, 6) is 3.06. The molecule has 0 spiro atoms. The second kappa shape index (κ2) is 13.4. The fourth-order valence-electron chi connectivity index (χ4n) is 10.0. The van der Waals surface area contributed by atoms with Gasteiger partial charge in [-0.25, -0.2) is 0 Å². The first-order chi connectivity index (χ1) is 19.1. The van der Waals surface area contributed by atoms with Gasteiger partial charge in [0.15, 0.2) is 0 Å². The summed E-state index contributed by atoms with van der Waals surface area (Å²) in [6, 6.07) is 0. The van der Waals surface area contributed by atoms with Crippen LogP contribution in [0.3, 0.4) is 0 Å². The third-order valence-corrected chi connectivity index (χ3v) is 11.9. The molecule has 0 aliphatic heterocycles. The number of aliphatic hydroxyl groups is 2. The molecule has 6 aliphatic carbocycles. The van der Waals surface area contributed by atoms with Gasteiger partial charge in [-0.2, -0.15) is 20.4 Å². The molecule has 6 rings (SSSR count). The molecule has 4 bridgehead atoms. The van der Waals surface area contributed by atoms with Crippen LogP contribution in [0.5, 0.6) is 0 Å². The Morgan fingerprint density at radius 3 is 1.41 bits per heavy atom. The number of nitrogens with two attached hydrogens (primary N) is 2. The van der Waals surface area contributed by atoms with E-state index >= 15 is 0 Å².